The van der Waals surface area contributed by atoms with Gasteiger partial charge in [0.05, 0.1) is 6.61 Å². The molecule has 0 saturated heterocycles. The second-order valence-electron chi connectivity index (χ2n) is 5.03. The molecule has 0 aromatic heterocycles. The molecule has 1 atom stereocenters. The Kier molecular flexibility index (Phi) is 4.96. The van der Waals surface area contributed by atoms with Gasteiger partial charge >= 0.3 is 5.97 Å². The van der Waals surface area contributed by atoms with Crippen LogP contribution >= 0.6 is 0 Å². The van der Waals surface area contributed by atoms with Gasteiger partial charge in [-0.3, -0.25) is 4.79 Å². The molecule has 0 aliphatic heterocycles. The number of hydrogen-bond acceptors (Lipinski definition) is 3. The molecule has 22 heavy (non-hydrogen) atoms. The van der Waals surface area contributed by atoms with E-state index in [4.69, 9.17) is 9.84 Å². The van der Waals surface area contributed by atoms with Crippen molar-refractivity contribution >= 4 is 5.97 Å². The van der Waals surface area contributed by atoms with Crippen LogP contribution < -0.4 is 4.74 Å². The maximum atomic E-state index is 11.5. The molecule has 0 amide bonds. The summed E-state index contributed by atoms with van der Waals surface area (Å²) in [6.07, 6.45) is 2.92. The lowest BCUT2D eigenvalue weighted by atomic mass is 9.82. The van der Waals surface area contributed by atoms with Gasteiger partial charge in [0.2, 0.25) is 0 Å². The number of aliphatic hydroxyl groups is 1. The number of rotatable bonds is 6. The zero-order valence-corrected chi connectivity index (χ0v) is 12.3. The van der Waals surface area contributed by atoms with Crippen LogP contribution in [-0.4, -0.2) is 22.8 Å². The van der Waals surface area contributed by atoms with E-state index in [1.807, 2.05) is 30.3 Å². The third-order valence-electron chi connectivity index (χ3n) is 3.43. The highest BCUT2D eigenvalue weighted by atomic mass is 16.5. The molecule has 114 valence electrons. The Balaban J connectivity index is 2.23. The second kappa shape index (κ2) is 6.91. The van der Waals surface area contributed by atoms with Crippen molar-refractivity contribution in [2.75, 3.05) is 6.61 Å². The molecule has 2 aromatic rings. The molecule has 0 radical (unpaired) electrons. The average Bonchev–Trinajstić information content (AvgIpc) is 2.54. The first-order valence-corrected chi connectivity index (χ1v) is 6.91. The van der Waals surface area contributed by atoms with Crippen LogP contribution in [0.25, 0.3) is 0 Å². The van der Waals surface area contributed by atoms with Crippen LogP contribution in [-0.2, 0) is 10.2 Å². The Morgan fingerprint density at radius 3 is 2.23 bits per heavy atom. The fourth-order valence-electron chi connectivity index (χ4n) is 2.07. The van der Waals surface area contributed by atoms with Crippen LogP contribution in [0.15, 0.2) is 66.7 Å². The van der Waals surface area contributed by atoms with Crippen molar-refractivity contribution in [1.29, 1.82) is 0 Å². The van der Waals surface area contributed by atoms with Gasteiger partial charge in [-0.15, -0.1) is 0 Å². The SMILES string of the molecule is CC(/C=C/CO)(C(=O)O)c1ccc(Oc2ccccc2)cc1. The van der Waals surface area contributed by atoms with Crippen LogP contribution in [0.2, 0.25) is 0 Å². The van der Waals surface area contributed by atoms with E-state index >= 15 is 0 Å². The Labute approximate surface area is 129 Å². The molecule has 2 N–H and O–H groups in total. The number of hydrogen-bond donors (Lipinski definition) is 2. The largest absolute Gasteiger partial charge is 0.480 e. The van der Waals surface area contributed by atoms with E-state index in [2.05, 4.69) is 0 Å². The number of carboxylic acids is 1. The van der Waals surface area contributed by atoms with Gasteiger partial charge in [0, 0.05) is 0 Å². The Morgan fingerprint density at radius 1 is 1.09 bits per heavy atom. The monoisotopic (exact) mass is 298 g/mol. The molecular formula is C18H18O4. The summed E-state index contributed by atoms with van der Waals surface area (Å²) >= 11 is 0. The van der Waals surface area contributed by atoms with Crippen molar-refractivity contribution in [3.8, 4) is 11.5 Å². The van der Waals surface area contributed by atoms with Gasteiger partial charge in [0.25, 0.3) is 0 Å². The molecule has 0 fully saturated rings. The number of para-hydroxylation sites is 1. The molecule has 0 bridgehead atoms. The molecule has 4 heteroatoms. The first-order valence-electron chi connectivity index (χ1n) is 6.91. The van der Waals surface area contributed by atoms with Crippen LogP contribution in [0.3, 0.4) is 0 Å². The van der Waals surface area contributed by atoms with Crippen molar-refractivity contribution in [1.82, 2.24) is 0 Å². The van der Waals surface area contributed by atoms with Crippen LogP contribution in [0, 0.1) is 0 Å². The third kappa shape index (κ3) is 3.54. The molecule has 0 heterocycles. The standard InChI is InChI=1S/C18H18O4/c1-18(17(20)21,12-5-13-19)14-8-10-16(11-9-14)22-15-6-3-2-4-7-15/h2-12,19H,13H2,1H3,(H,20,21)/b12-5+. The van der Waals surface area contributed by atoms with Crippen molar-refractivity contribution in [2.24, 2.45) is 0 Å². The van der Waals surface area contributed by atoms with E-state index in [1.54, 1.807) is 31.2 Å². The van der Waals surface area contributed by atoms with Crippen molar-refractivity contribution < 1.29 is 19.7 Å². The highest BCUT2D eigenvalue weighted by Gasteiger charge is 2.32. The summed E-state index contributed by atoms with van der Waals surface area (Å²) in [4.78, 5) is 11.5. The minimum Gasteiger partial charge on any atom is -0.480 e. The topological polar surface area (TPSA) is 66.8 Å². The molecule has 1 unspecified atom stereocenters. The lowest BCUT2D eigenvalue weighted by molar-refractivity contribution is -0.141. The number of benzene rings is 2. The van der Waals surface area contributed by atoms with Crippen molar-refractivity contribution in [3.63, 3.8) is 0 Å². The molecule has 0 aliphatic rings. The van der Waals surface area contributed by atoms with E-state index in [-0.39, 0.29) is 6.61 Å². The molecule has 2 rings (SSSR count). The zero-order valence-electron chi connectivity index (χ0n) is 12.3. The fourth-order valence-corrected chi connectivity index (χ4v) is 2.07. The smallest absolute Gasteiger partial charge is 0.317 e. The fraction of sp³-hybridized carbons (Fsp3) is 0.167. The maximum Gasteiger partial charge on any atom is 0.317 e. The van der Waals surface area contributed by atoms with E-state index in [9.17, 15) is 9.90 Å². The summed E-state index contributed by atoms with van der Waals surface area (Å²) in [7, 11) is 0. The number of aliphatic hydroxyl groups excluding tert-OH is 1. The number of ether oxygens (including phenoxy) is 1. The van der Waals surface area contributed by atoms with Gasteiger partial charge in [-0.25, -0.2) is 0 Å². The lowest BCUT2D eigenvalue weighted by Gasteiger charge is -2.21. The van der Waals surface area contributed by atoms with Gasteiger partial charge in [-0.2, -0.15) is 0 Å². The molecule has 4 nitrogen and oxygen atoms in total. The number of aliphatic carboxylic acids is 1. The van der Waals surface area contributed by atoms with Gasteiger partial charge in [-0.1, -0.05) is 42.5 Å². The predicted octanol–water partition coefficient (Wildman–Crippen LogP) is 3.37. The van der Waals surface area contributed by atoms with Crippen molar-refractivity contribution in [2.45, 2.75) is 12.3 Å². The van der Waals surface area contributed by atoms with E-state index < -0.39 is 11.4 Å². The average molecular weight is 298 g/mol. The number of carbonyl (C=O) groups is 1. The highest BCUT2D eigenvalue weighted by molar-refractivity contribution is 5.83. The first kappa shape index (κ1) is 15.8. The predicted molar refractivity (Wildman–Crippen MR) is 84.2 cm³/mol. The van der Waals surface area contributed by atoms with Crippen LogP contribution in [0.5, 0.6) is 11.5 Å². The minimum absolute atomic E-state index is 0.196. The normalized spacial score (nSPS) is 13.7. The quantitative estimate of drug-likeness (QED) is 0.802. The Hall–Kier alpha value is -2.59. The van der Waals surface area contributed by atoms with E-state index in [1.165, 1.54) is 12.2 Å². The maximum absolute atomic E-state index is 11.5. The summed E-state index contributed by atoms with van der Waals surface area (Å²) in [5.41, 5.74) is -0.571. The number of carboxylic acid groups (broad SMARTS) is 1. The molecule has 2 aromatic carbocycles. The zero-order chi connectivity index (χ0) is 16.0. The van der Waals surface area contributed by atoms with Crippen LogP contribution in [0.1, 0.15) is 12.5 Å². The Morgan fingerprint density at radius 2 is 1.68 bits per heavy atom. The molecule has 0 spiro atoms. The summed E-state index contributed by atoms with van der Waals surface area (Å²) < 4.78 is 5.68. The van der Waals surface area contributed by atoms with E-state index in [0.29, 0.717) is 11.3 Å². The summed E-state index contributed by atoms with van der Waals surface area (Å²) in [6.45, 7) is 1.40. The summed E-state index contributed by atoms with van der Waals surface area (Å²) in [6, 6.07) is 16.3. The molecule has 0 aliphatic carbocycles. The van der Waals surface area contributed by atoms with E-state index in [0.717, 1.165) is 5.75 Å². The molecular weight excluding hydrogens is 280 g/mol. The lowest BCUT2D eigenvalue weighted by Crippen LogP contribution is -2.30. The third-order valence-corrected chi connectivity index (χ3v) is 3.43. The van der Waals surface area contributed by atoms with Gasteiger partial charge in [-0.05, 0) is 36.8 Å². The van der Waals surface area contributed by atoms with Gasteiger partial charge in [0.1, 0.15) is 16.9 Å². The first-order chi connectivity index (χ1) is 10.6. The summed E-state index contributed by atoms with van der Waals surface area (Å²) in [5.74, 6) is 0.374. The Bertz CT molecular complexity index is 647. The molecule has 0 saturated carbocycles. The van der Waals surface area contributed by atoms with Gasteiger partial charge < -0.3 is 14.9 Å². The van der Waals surface area contributed by atoms with Gasteiger partial charge in [0.15, 0.2) is 0 Å². The minimum atomic E-state index is -1.19. The van der Waals surface area contributed by atoms with Crippen LogP contribution in [0.4, 0.5) is 0 Å². The van der Waals surface area contributed by atoms with Crippen molar-refractivity contribution in [3.05, 3.63) is 72.3 Å². The summed E-state index contributed by atoms with van der Waals surface area (Å²) in [5, 5.41) is 18.3. The highest BCUT2D eigenvalue weighted by Crippen LogP contribution is 2.29. The second-order valence-corrected chi connectivity index (χ2v) is 5.03.